The van der Waals surface area contributed by atoms with Crippen LogP contribution < -0.4 is 0 Å². The van der Waals surface area contributed by atoms with Crippen LogP contribution in [0.5, 0.6) is 0 Å². The summed E-state index contributed by atoms with van der Waals surface area (Å²) in [6, 6.07) is 0. The van der Waals surface area contributed by atoms with Crippen LogP contribution in [0.3, 0.4) is 0 Å². The molecule has 0 unspecified atom stereocenters. The number of carbonyl (C=O) groups is 1. The fourth-order valence-corrected chi connectivity index (χ4v) is 0.757. The fraction of sp³-hybridized carbons (Fsp3) is 0.700. The molecule has 0 radical (unpaired) electrons. The second-order valence-electron chi connectivity index (χ2n) is 3.71. The summed E-state index contributed by atoms with van der Waals surface area (Å²) < 4.78 is 5.09. The molecule has 0 bridgehead atoms. The van der Waals surface area contributed by atoms with E-state index in [1.54, 1.807) is 6.08 Å². The molecule has 0 saturated carbocycles. The third-order valence-corrected chi connectivity index (χ3v) is 1.17. The number of halogens is 1. The molecule has 0 aromatic rings. The van der Waals surface area contributed by atoms with E-state index >= 15 is 0 Å². The number of allylic oxidation sites excluding steroid dienone is 1. The molecule has 0 aliphatic rings. The van der Waals surface area contributed by atoms with E-state index in [2.05, 4.69) is 19.8 Å². The van der Waals surface area contributed by atoms with E-state index in [1.165, 1.54) is 14.8 Å². The molecule has 0 aliphatic carbocycles. The number of esters is 1. The molecule has 0 fully saturated rings. The van der Waals surface area contributed by atoms with Crippen molar-refractivity contribution in [3.63, 3.8) is 0 Å². The third kappa shape index (κ3) is 15.1. The molecular formula is C10H17IO2Zn. The Morgan fingerprint density at radius 3 is 2.36 bits per heavy atom. The van der Waals surface area contributed by atoms with Crippen molar-refractivity contribution in [3.05, 3.63) is 12.7 Å². The molecule has 0 rings (SSSR count). The van der Waals surface area contributed by atoms with Crippen molar-refractivity contribution in [2.75, 3.05) is 0 Å². The van der Waals surface area contributed by atoms with Gasteiger partial charge in [0.25, 0.3) is 0 Å². The van der Waals surface area contributed by atoms with Crippen molar-refractivity contribution in [1.82, 2.24) is 0 Å². The average molecular weight is 362 g/mol. The molecule has 0 aromatic heterocycles. The third-order valence-electron chi connectivity index (χ3n) is 1.17. The summed E-state index contributed by atoms with van der Waals surface area (Å²) in [5, 5.41) is 0. The molecule has 0 aromatic carbocycles. The summed E-state index contributed by atoms with van der Waals surface area (Å²) in [4.78, 5) is 11.1. The summed E-state index contributed by atoms with van der Waals surface area (Å²) in [5.74, 6) is -0.149. The topological polar surface area (TPSA) is 26.3 Å². The van der Waals surface area contributed by atoms with Crippen molar-refractivity contribution >= 4 is 25.7 Å². The van der Waals surface area contributed by atoms with Crippen LogP contribution in [-0.2, 0) is 24.3 Å². The standard InChI is InChI=1S/C10H17O2.HI.Zn/c1-5-6-7-8-9(11)12-10(2,3)4;;/h1,5H,6-8H2,2-4H3;1H;/q-1;;+2/p-1. The molecule has 2 nitrogen and oxygen atoms in total. The van der Waals surface area contributed by atoms with Gasteiger partial charge in [-0.15, -0.1) is 0 Å². The van der Waals surface area contributed by atoms with Gasteiger partial charge in [-0.3, -0.25) is 10.9 Å². The molecule has 0 spiro atoms. The van der Waals surface area contributed by atoms with Crippen LogP contribution in [0.15, 0.2) is 6.08 Å². The zero-order valence-corrected chi connectivity index (χ0v) is 14.3. The Morgan fingerprint density at radius 1 is 1.50 bits per heavy atom. The van der Waals surface area contributed by atoms with Crippen LogP contribution in [0.1, 0.15) is 40.0 Å². The Hall–Kier alpha value is 0.563. The molecule has 4 heteroatoms. The van der Waals surface area contributed by atoms with Crippen LogP contribution in [0.25, 0.3) is 0 Å². The Bertz CT molecular complexity index is 164. The zero-order valence-electron chi connectivity index (χ0n) is 9.18. The van der Waals surface area contributed by atoms with Gasteiger partial charge in [-0.1, -0.05) is 6.42 Å². The molecule has 0 heterocycles. The Morgan fingerprint density at radius 2 is 2.00 bits per heavy atom. The SMILES string of the molecule is [CH-]=CCCCC(=O)OC(C)(C)C.[Zn+][I]. The van der Waals surface area contributed by atoms with Gasteiger partial charge in [0, 0.05) is 6.42 Å². The molecule has 0 aliphatic heterocycles. The number of ether oxygens (including phenoxy) is 1. The summed E-state index contributed by atoms with van der Waals surface area (Å²) in [6.07, 6.45) is 3.54. The van der Waals surface area contributed by atoms with Crippen LogP contribution in [0.2, 0.25) is 0 Å². The molecule has 78 valence electrons. The van der Waals surface area contributed by atoms with Crippen LogP contribution in [0, 0.1) is 6.58 Å². The van der Waals surface area contributed by atoms with Crippen LogP contribution in [0.4, 0.5) is 0 Å². The van der Waals surface area contributed by atoms with Crippen molar-refractivity contribution in [2.45, 2.75) is 45.6 Å². The minimum atomic E-state index is -0.372. The molecule has 0 atom stereocenters. The van der Waals surface area contributed by atoms with E-state index < -0.39 is 0 Å². The molecule has 0 saturated heterocycles. The maximum absolute atomic E-state index is 11.1. The predicted octanol–water partition coefficient (Wildman–Crippen LogP) is 3.37. The van der Waals surface area contributed by atoms with Gasteiger partial charge in [-0.25, -0.2) is 0 Å². The second kappa shape index (κ2) is 10.1. The predicted molar refractivity (Wildman–Crippen MR) is 62.6 cm³/mol. The summed E-state index contributed by atoms with van der Waals surface area (Å²) in [5.41, 5.74) is -0.372. The Labute approximate surface area is 108 Å². The average Bonchev–Trinajstić information content (AvgIpc) is 2.05. The van der Waals surface area contributed by atoms with Crippen molar-refractivity contribution in [1.29, 1.82) is 0 Å². The summed E-state index contributed by atoms with van der Waals surface area (Å²) >= 11 is 3.62. The van der Waals surface area contributed by atoms with Crippen molar-refractivity contribution in [2.24, 2.45) is 0 Å². The van der Waals surface area contributed by atoms with E-state index in [1.807, 2.05) is 20.8 Å². The second-order valence-corrected chi connectivity index (χ2v) is 3.71. The quantitative estimate of drug-likeness (QED) is 0.252. The monoisotopic (exact) mass is 360 g/mol. The first-order valence-corrected chi connectivity index (χ1v) is 13.5. The van der Waals surface area contributed by atoms with Gasteiger partial charge in [-0.05, 0) is 27.2 Å². The Kier molecular flexibility index (Phi) is 12.2. The van der Waals surface area contributed by atoms with Crippen LogP contribution >= 0.6 is 19.8 Å². The first-order chi connectivity index (χ1) is 6.45. The van der Waals surface area contributed by atoms with Crippen molar-refractivity contribution < 1.29 is 24.3 Å². The molecule has 0 N–H and O–H groups in total. The van der Waals surface area contributed by atoms with Crippen LogP contribution in [-0.4, -0.2) is 11.6 Å². The summed E-state index contributed by atoms with van der Waals surface area (Å²) in [7, 11) is 0. The zero-order chi connectivity index (χ0) is 11.6. The number of unbranched alkanes of at least 4 members (excludes halogenated alkanes) is 1. The van der Waals surface area contributed by atoms with E-state index in [4.69, 9.17) is 11.3 Å². The van der Waals surface area contributed by atoms with Gasteiger partial charge in [-0.2, -0.15) is 0 Å². The minimum absolute atomic E-state index is 0.149. The van der Waals surface area contributed by atoms with Gasteiger partial charge in [0.15, 0.2) is 0 Å². The normalized spacial score (nSPS) is 9.86. The van der Waals surface area contributed by atoms with E-state index in [9.17, 15) is 4.79 Å². The fourth-order valence-electron chi connectivity index (χ4n) is 0.757. The number of rotatable bonds is 4. The van der Waals surface area contributed by atoms with Gasteiger partial charge in [0.2, 0.25) is 0 Å². The Balaban J connectivity index is 0. The first-order valence-electron chi connectivity index (χ1n) is 4.47. The number of hydrogen-bond acceptors (Lipinski definition) is 2. The summed E-state index contributed by atoms with van der Waals surface area (Å²) in [6.45, 7) is 10.7. The first kappa shape index (κ1) is 17.0. The number of hydrogen-bond donors (Lipinski definition) is 0. The molecule has 0 amide bonds. The van der Waals surface area contributed by atoms with E-state index in [0.717, 1.165) is 12.8 Å². The van der Waals surface area contributed by atoms with Gasteiger partial charge in [0.05, 0.1) is 0 Å². The van der Waals surface area contributed by atoms with Gasteiger partial charge >= 0.3 is 40.5 Å². The van der Waals surface area contributed by atoms with E-state index in [0.29, 0.717) is 6.42 Å². The van der Waals surface area contributed by atoms with E-state index in [-0.39, 0.29) is 11.6 Å². The molecular weight excluding hydrogens is 344 g/mol. The van der Waals surface area contributed by atoms with Gasteiger partial charge < -0.3 is 11.3 Å². The number of carbonyl (C=O) groups excluding carboxylic acids is 1. The molecule has 14 heavy (non-hydrogen) atoms. The maximum atomic E-state index is 11.1. The van der Waals surface area contributed by atoms with Crippen molar-refractivity contribution in [3.8, 4) is 0 Å². The van der Waals surface area contributed by atoms with Gasteiger partial charge in [0.1, 0.15) is 5.60 Å².